The molecule has 0 amide bonds. The molecule has 1 heterocycles. The van der Waals surface area contributed by atoms with Crippen molar-refractivity contribution in [2.24, 2.45) is 5.41 Å². The number of hydrogen-bond acceptors (Lipinski definition) is 3. The van der Waals surface area contributed by atoms with Crippen LogP contribution >= 0.6 is 11.3 Å². The minimum absolute atomic E-state index is 0.168. The van der Waals surface area contributed by atoms with E-state index in [-0.39, 0.29) is 5.41 Å². The van der Waals surface area contributed by atoms with Crippen molar-refractivity contribution in [3.63, 3.8) is 0 Å². The summed E-state index contributed by atoms with van der Waals surface area (Å²) in [5, 5.41) is 7.07. The molecule has 0 radical (unpaired) electrons. The molecule has 2 rings (SSSR count). The lowest BCUT2D eigenvalue weighted by Crippen LogP contribution is -2.41. The van der Waals surface area contributed by atoms with E-state index in [1.807, 2.05) is 11.3 Å². The van der Waals surface area contributed by atoms with Crippen LogP contribution in [0.1, 0.15) is 64.1 Å². The van der Waals surface area contributed by atoms with Crippen molar-refractivity contribution < 1.29 is 0 Å². The van der Waals surface area contributed by atoms with E-state index in [0.717, 1.165) is 6.42 Å². The molecule has 0 aliphatic heterocycles. The molecule has 1 aliphatic rings. The molecule has 0 aromatic carbocycles. The lowest BCUT2D eigenvalue weighted by Gasteiger charge is -2.33. The fraction of sp³-hybridized carbons (Fsp3) is 0.812. The average Bonchev–Trinajstić information content (AvgIpc) is 2.94. The third-order valence-electron chi connectivity index (χ3n) is 4.63. The predicted molar refractivity (Wildman–Crippen MR) is 83.9 cm³/mol. The zero-order valence-corrected chi connectivity index (χ0v) is 13.9. The normalized spacial score (nSPS) is 20.7. The Hall–Kier alpha value is -0.410. The van der Waals surface area contributed by atoms with Gasteiger partial charge in [0.15, 0.2) is 0 Å². The molecule has 1 unspecified atom stereocenters. The molecular weight excluding hydrogens is 252 g/mol. The number of nitrogens with zero attached hydrogens (tertiary/aromatic N) is 1. The Morgan fingerprint density at radius 2 is 2.00 bits per heavy atom. The lowest BCUT2D eigenvalue weighted by atomic mass is 9.79. The minimum Gasteiger partial charge on any atom is -0.316 e. The van der Waals surface area contributed by atoms with Crippen LogP contribution in [-0.2, 0) is 11.8 Å². The van der Waals surface area contributed by atoms with Crippen LogP contribution in [0.15, 0.2) is 5.38 Å². The molecule has 1 aromatic heterocycles. The van der Waals surface area contributed by atoms with Crippen molar-refractivity contribution >= 4 is 11.3 Å². The van der Waals surface area contributed by atoms with E-state index in [9.17, 15) is 0 Å². The average molecular weight is 280 g/mol. The van der Waals surface area contributed by atoms with Gasteiger partial charge in [-0.3, -0.25) is 0 Å². The Balaban J connectivity index is 2.08. The molecule has 0 saturated heterocycles. The molecule has 3 heteroatoms. The molecule has 2 nitrogen and oxygen atoms in total. The zero-order valence-electron chi connectivity index (χ0n) is 13.0. The van der Waals surface area contributed by atoms with Gasteiger partial charge in [-0.2, -0.15) is 0 Å². The van der Waals surface area contributed by atoms with Crippen molar-refractivity contribution in [3.05, 3.63) is 16.1 Å². The van der Waals surface area contributed by atoms with Crippen LogP contribution in [0, 0.1) is 5.41 Å². The Kier molecular flexibility index (Phi) is 4.36. The van der Waals surface area contributed by atoms with Crippen molar-refractivity contribution in [2.75, 3.05) is 7.05 Å². The van der Waals surface area contributed by atoms with Crippen LogP contribution in [0.25, 0.3) is 0 Å². The topological polar surface area (TPSA) is 24.9 Å². The van der Waals surface area contributed by atoms with Gasteiger partial charge in [0.25, 0.3) is 0 Å². The summed E-state index contributed by atoms with van der Waals surface area (Å²) >= 11 is 1.83. The maximum Gasteiger partial charge on any atom is 0.0944 e. The zero-order chi connectivity index (χ0) is 14.1. The van der Waals surface area contributed by atoms with Crippen molar-refractivity contribution in [1.82, 2.24) is 10.3 Å². The molecule has 0 spiro atoms. The van der Waals surface area contributed by atoms with Crippen molar-refractivity contribution in [2.45, 2.75) is 71.3 Å². The molecule has 1 saturated carbocycles. The molecule has 1 aromatic rings. The summed E-state index contributed by atoms with van der Waals surface area (Å²) in [6.07, 6.45) is 6.57. The van der Waals surface area contributed by atoms with E-state index in [0.29, 0.717) is 11.5 Å². The van der Waals surface area contributed by atoms with Gasteiger partial charge < -0.3 is 5.32 Å². The van der Waals surface area contributed by atoms with Gasteiger partial charge in [-0.15, -0.1) is 11.3 Å². The van der Waals surface area contributed by atoms with Gasteiger partial charge in [0.05, 0.1) is 10.7 Å². The number of rotatable bonds is 4. The summed E-state index contributed by atoms with van der Waals surface area (Å²) in [5.41, 5.74) is 1.86. The molecule has 108 valence electrons. The summed E-state index contributed by atoms with van der Waals surface area (Å²) in [5.74, 6) is 0. The summed E-state index contributed by atoms with van der Waals surface area (Å²) < 4.78 is 0. The maximum absolute atomic E-state index is 4.85. The van der Waals surface area contributed by atoms with Gasteiger partial charge >= 0.3 is 0 Å². The van der Waals surface area contributed by atoms with Crippen LogP contribution in [0.3, 0.4) is 0 Å². The van der Waals surface area contributed by atoms with Crippen LogP contribution < -0.4 is 5.32 Å². The molecule has 1 atom stereocenters. The largest absolute Gasteiger partial charge is 0.316 e. The van der Waals surface area contributed by atoms with Gasteiger partial charge in [-0.1, -0.05) is 40.5 Å². The SMILES string of the molecule is CNC(Cc1nc(C(C)(C)C)cs1)C1(C)CCCC1. The van der Waals surface area contributed by atoms with Gasteiger partial charge in [-0.05, 0) is 25.3 Å². The number of likely N-dealkylation sites (N-methyl/N-ethyl adjacent to an activating group) is 1. The van der Waals surface area contributed by atoms with Crippen LogP contribution in [0.4, 0.5) is 0 Å². The smallest absolute Gasteiger partial charge is 0.0944 e. The number of thiazole rings is 1. The van der Waals surface area contributed by atoms with E-state index in [4.69, 9.17) is 4.98 Å². The van der Waals surface area contributed by atoms with Gasteiger partial charge in [0.1, 0.15) is 0 Å². The van der Waals surface area contributed by atoms with Gasteiger partial charge in [0.2, 0.25) is 0 Å². The number of hydrogen-bond donors (Lipinski definition) is 1. The summed E-state index contributed by atoms with van der Waals surface area (Å²) in [6.45, 7) is 9.15. The Morgan fingerprint density at radius 3 is 2.47 bits per heavy atom. The standard InChI is InChI=1S/C16H28N2S/c1-15(2,3)13-11-19-14(18-13)10-12(17-5)16(4)8-6-7-9-16/h11-12,17H,6-10H2,1-5H3. The molecule has 0 bridgehead atoms. The highest BCUT2D eigenvalue weighted by Gasteiger charge is 2.36. The molecule has 1 aliphatic carbocycles. The number of aromatic nitrogens is 1. The molecule has 19 heavy (non-hydrogen) atoms. The van der Waals surface area contributed by atoms with E-state index in [2.05, 4.69) is 45.4 Å². The van der Waals surface area contributed by atoms with Crippen molar-refractivity contribution in [1.29, 1.82) is 0 Å². The molecule has 1 N–H and O–H groups in total. The van der Waals surface area contributed by atoms with E-state index < -0.39 is 0 Å². The van der Waals surface area contributed by atoms with E-state index in [1.54, 1.807) is 0 Å². The first-order chi connectivity index (χ1) is 8.85. The Bertz CT molecular complexity index is 411. The van der Waals surface area contributed by atoms with Gasteiger partial charge in [-0.25, -0.2) is 4.98 Å². The third-order valence-corrected chi connectivity index (χ3v) is 5.51. The predicted octanol–water partition coefficient (Wildman–Crippen LogP) is 4.15. The van der Waals surface area contributed by atoms with Crippen LogP contribution in [0.2, 0.25) is 0 Å². The second-order valence-electron chi connectivity index (χ2n) is 7.28. The fourth-order valence-electron chi connectivity index (χ4n) is 3.15. The third kappa shape index (κ3) is 3.38. The first-order valence-electron chi connectivity index (χ1n) is 7.47. The molecular formula is C16H28N2S. The first-order valence-corrected chi connectivity index (χ1v) is 8.35. The lowest BCUT2D eigenvalue weighted by molar-refractivity contribution is 0.229. The quantitative estimate of drug-likeness (QED) is 0.896. The Labute approximate surface area is 122 Å². The second-order valence-corrected chi connectivity index (χ2v) is 8.23. The van der Waals surface area contributed by atoms with Gasteiger partial charge in [0, 0.05) is 23.3 Å². The van der Waals surface area contributed by atoms with E-state index in [1.165, 1.54) is 36.4 Å². The van der Waals surface area contributed by atoms with Crippen LogP contribution in [0.5, 0.6) is 0 Å². The highest BCUT2D eigenvalue weighted by molar-refractivity contribution is 7.09. The monoisotopic (exact) mass is 280 g/mol. The fourth-order valence-corrected chi connectivity index (χ4v) is 4.22. The highest BCUT2D eigenvalue weighted by Crippen LogP contribution is 2.41. The minimum atomic E-state index is 0.168. The summed E-state index contributed by atoms with van der Waals surface area (Å²) in [6, 6.07) is 0.564. The molecule has 1 fully saturated rings. The summed E-state index contributed by atoms with van der Waals surface area (Å²) in [7, 11) is 2.10. The van der Waals surface area contributed by atoms with Crippen molar-refractivity contribution in [3.8, 4) is 0 Å². The van der Waals surface area contributed by atoms with Crippen LogP contribution in [-0.4, -0.2) is 18.1 Å². The summed E-state index contributed by atoms with van der Waals surface area (Å²) in [4.78, 5) is 4.85. The second kappa shape index (κ2) is 5.53. The number of nitrogens with one attached hydrogen (secondary N) is 1. The highest BCUT2D eigenvalue weighted by atomic mass is 32.1. The Morgan fingerprint density at radius 1 is 1.37 bits per heavy atom. The first kappa shape index (κ1) is 15.0. The van der Waals surface area contributed by atoms with E-state index >= 15 is 0 Å². The maximum atomic E-state index is 4.85.